The van der Waals surface area contributed by atoms with E-state index in [1.54, 1.807) is 13.8 Å². The van der Waals surface area contributed by atoms with Gasteiger partial charge in [-0.3, -0.25) is 9.59 Å². The number of hydrogen-bond donors (Lipinski definition) is 2. The van der Waals surface area contributed by atoms with Gasteiger partial charge in [0.2, 0.25) is 0 Å². The topological polar surface area (TPSA) is 75.6 Å². The van der Waals surface area contributed by atoms with Crippen molar-refractivity contribution in [2.24, 2.45) is 23.2 Å². The van der Waals surface area contributed by atoms with Gasteiger partial charge in [0, 0.05) is 6.04 Å². The van der Waals surface area contributed by atoms with Gasteiger partial charge in [0.1, 0.15) is 5.75 Å². The standard InChI is InChI=1S/C21H27NO4/c1-20(2,26-16-6-4-3-5-7-16)18(23)22-17-14-8-13-9-15(17)12-21(10-13,11-14)19(24)25/h3-7,13-15,17H,8-12H2,1-2H3,(H,22,23)(H,24,25)/t13?,14-,15?,17?,21?/m1/s1. The molecule has 4 bridgehead atoms. The lowest BCUT2D eigenvalue weighted by molar-refractivity contribution is -0.168. The summed E-state index contributed by atoms with van der Waals surface area (Å²) in [6, 6.07) is 9.43. The smallest absolute Gasteiger partial charge is 0.309 e. The van der Waals surface area contributed by atoms with E-state index >= 15 is 0 Å². The third kappa shape index (κ3) is 2.87. The molecule has 140 valence electrons. The van der Waals surface area contributed by atoms with Crippen molar-refractivity contribution in [1.82, 2.24) is 5.32 Å². The number of carbonyl (C=O) groups is 2. The Hall–Kier alpha value is -2.04. The van der Waals surface area contributed by atoms with Gasteiger partial charge in [-0.1, -0.05) is 18.2 Å². The summed E-state index contributed by atoms with van der Waals surface area (Å²) >= 11 is 0. The van der Waals surface area contributed by atoms with Crippen molar-refractivity contribution in [1.29, 1.82) is 0 Å². The van der Waals surface area contributed by atoms with Gasteiger partial charge < -0.3 is 15.2 Å². The van der Waals surface area contributed by atoms with Crippen molar-refractivity contribution in [3.63, 3.8) is 0 Å². The lowest BCUT2D eigenvalue weighted by Crippen LogP contribution is -2.63. The average molecular weight is 357 g/mol. The van der Waals surface area contributed by atoms with Gasteiger partial charge in [0.05, 0.1) is 5.41 Å². The van der Waals surface area contributed by atoms with Crippen LogP contribution in [0.25, 0.3) is 0 Å². The highest BCUT2D eigenvalue weighted by atomic mass is 16.5. The molecule has 4 aliphatic rings. The van der Waals surface area contributed by atoms with E-state index in [2.05, 4.69) is 5.32 Å². The molecule has 4 fully saturated rings. The lowest BCUT2D eigenvalue weighted by atomic mass is 9.48. The van der Waals surface area contributed by atoms with Crippen LogP contribution in [0.1, 0.15) is 46.0 Å². The molecule has 5 heteroatoms. The molecule has 4 unspecified atom stereocenters. The second-order valence-corrected chi connectivity index (χ2v) is 8.98. The molecule has 5 atom stereocenters. The van der Waals surface area contributed by atoms with E-state index in [-0.39, 0.29) is 23.8 Å². The summed E-state index contributed by atoms with van der Waals surface area (Å²) in [5.74, 6) is 0.952. The minimum atomic E-state index is -0.972. The summed E-state index contributed by atoms with van der Waals surface area (Å²) in [5, 5.41) is 13.0. The number of benzene rings is 1. The zero-order valence-electron chi connectivity index (χ0n) is 15.4. The average Bonchev–Trinajstić information content (AvgIpc) is 2.57. The molecule has 1 amide bonds. The summed E-state index contributed by atoms with van der Waals surface area (Å²) in [5.41, 5.74) is -1.52. The number of aliphatic carboxylic acids is 1. The van der Waals surface area contributed by atoms with Gasteiger partial charge in [-0.2, -0.15) is 0 Å². The third-order valence-electron chi connectivity index (χ3n) is 6.69. The number of nitrogens with one attached hydrogen (secondary N) is 1. The van der Waals surface area contributed by atoms with Crippen molar-refractivity contribution < 1.29 is 19.4 Å². The predicted molar refractivity (Wildman–Crippen MR) is 96.7 cm³/mol. The van der Waals surface area contributed by atoms with E-state index in [0.717, 1.165) is 19.3 Å². The van der Waals surface area contributed by atoms with Crippen LogP contribution in [0, 0.1) is 23.2 Å². The Morgan fingerprint density at radius 2 is 1.73 bits per heavy atom. The number of amides is 1. The molecule has 0 radical (unpaired) electrons. The predicted octanol–water partition coefficient (Wildman–Crippen LogP) is 3.24. The first-order chi connectivity index (χ1) is 12.3. The summed E-state index contributed by atoms with van der Waals surface area (Å²) in [6.07, 6.45) is 4.28. The van der Waals surface area contributed by atoms with Crippen molar-refractivity contribution >= 4 is 11.9 Å². The van der Waals surface area contributed by atoms with E-state index in [4.69, 9.17) is 4.74 Å². The van der Waals surface area contributed by atoms with Gasteiger partial charge in [-0.05, 0) is 75.8 Å². The minimum absolute atomic E-state index is 0.0742. The van der Waals surface area contributed by atoms with Crippen LogP contribution >= 0.6 is 0 Å². The molecule has 0 aliphatic heterocycles. The molecule has 5 rings (SSSR count). The Morgan fingerprint density at radius 3 is 2.31 bits per heavy atom. The summed E-state index contributed by atoms with van der Waals surface area (Å²) in [6.45, 7) is 3.56. The molecule has 0 heterocycles. The van der Waals surface area contributed by atoms with Gasteiger partial charge in [0.15, 0.2) is 5.60 Å². The Kier molecular flexibility index (Phi) is 4.01. The quantitative estimate of drug-likeness (QED) is 0.848. The number of rotatable bonds is 5. The van der Waals surface area contributed by atoms with Crippen LogP contribution < -0.4 is 10.1 Å². The molecule has 4 saturated carbocycles. The Labute approximate surface area is 154 Å². The van der Waals surface area contributed by atoms with Crippen LogP contribution in [0.2, 0.25) is 0 Å². The molecule has 4 aliphatic carbocycles. The molecular weight excluding hydrogens is 330 g/mol. The van der Waals surface area contributed by atoms with Crippen molar-refractivity contribution in [2.75, 3.05) is 0 Å². The third-order valence-corrected chi connectivity index (χ3v) is 6.69. The van der Waals surface area contributed by atoms with Crippen molar-refractivity contribution in [3.8, 4) is 5.75 Å². The van der Waals surface area contributed by atoms with E-state index in [0.29, 0.717) is 24.5 Å². The highest BCUT2D eigenvalue weighted by molar-refractivity contribution is 5.85. The van der Waals surface area contributed by atoms with Crippen LogP contribution in [0.15, 0.2) is 30.3 Å². The molecule has 0 spiro atoms. The van der Waals surface area contributed by atoms with Gasteiger partial charge in [-0.15, -0.1) is 0 Å². The van der Waals surface area contributed by atoms with E-state index in [1.165, 1.54) is 0 Å². The maximum atomic E-state index is 12.9. The fourth-order valence-corrected chi connectivity index (χ4v) is 5.68. The Balaban J connectivity index is 1.46. The van der Waals surface area contributed by atoms with Crippen LogP contribution in [0.4, 0.5) is 0 Å². The van der Waals surface area contributed by atoms with Crippen LogP contribution in [0.5, 0.6) is 5.75 Å². The van der Waals surface area contributed by atoms with Crippen LogP contribution in [0.3, 0.4) is 0 Å². The van der Waals surface area contributed by atoms with Crippen molar-refractivity contribution in [2.45, 2.75) is 57.6 Å². The monoisotopic (exact) mass is 357 g/mol. The van der Waals surface area contributed by atoms with Crippen LogP contribution in [-0.4, -0.2) is 28.6 Å². The van der Waals surface area contributed by atoms with Crippen LogP contribution in [-0.2, 0) is 9.59 Å². The highest BCUT2D eigenvalue weighted by Crippen LogP contribution is 2.60. The molecule has 26 heavy (non-hydrogen) atoms. The number of carbonyl (C=O) groups excluding carboxylic acids is 1. The maximum absolute atomic E-state index is 12.9. The van der Waals surface area contributed by atoms with E-state index in [9.17, 15) is 14.7 Å². The first-order valence-electron chi connectivity index (χ1n) is 9.57. The zero-order chi connectivity index (χ0) is 18.5. The number of carboxylic acid groups (broad SMARTS) is 1. The Morgan fingerprint density at radius 1 is 1.12 bits per heavy atom. The molecule has 5 nitrogen and oxygen atoms in total. The molecule has 0 aromatic heterocycles. The molecule has 1 aromatic carbocycles. The highest BCUT2D eigenvalue weighted by Gasteiger charge is 2.59. The molecular formula is C21H27NO4. The summed E-state index contributed by atoms with van der Waals surface area (Å²) < 4.78 is 5.91. The fourth-order valence-electron chi connectivity index (χ4n) is 5.68. The van der Waals surface area contributed by atoms with Crippen molar-refractivity contribution in [3.05, 3.63) is 30.3 Å². The molecule has 2 N–H and O–H groups in total. The first kappa shape index (κ1) is 17.4. The zero-order valence-corrected chi connectivity index (χ0v) is 15.4. The number of para-hydroxylation sites is 1. The van der Waals surface area contributed by atoms with E-state index < -0.39 is 17.0 Å². The van der Waals surface area contributed by atoms with Gasteiger partial charge >= 0.3 is 5.97 Å². The minimum Gasteiger partial charge on any atom is -0.481 e. The normalized spacial score (nSPS) is 35.2. The first-order valence-corrected chi connectivity index (χ1v) is 9.57. The number of carboxylic acids is 1. The second kappa shape index (κ2) is 6.00. The molecule has 0 saturated heterocycles. The summed E-state index contributed by atoms with van der Waals surface area (Å²) in [4.78, 5) is 24.8. The fraction of sp³-hybridized carbons (Fsp3) is 0.619. The molecule has 1 aromatic rings. The SMILES string of the molecule is CC(C)(Oc1ccccc1)C(=O)NC1C2CC3C[C@@H]1CC(C(=O)O)(C3)C2. The van der Waals surface area contributed by atoms with Gasteiger partial charge in [0.25, 0.3) is 5.91 Å². The number of ether oxygens (including phenoxy) is 1. The van der Waals surface area contributed by atoms with Gasteiger partial charge in [-0.25, -0.2) is 0 Å². The number of hydrogen-bond acceptors (Lipinski definition) is 3. The van der Waals surface area contributed by atoms with E-state index in [1.807, 2.05) is 30.3 Å². The lowest BCUT2D eigenvalue weighted by Gasteiger charge is -2.58. The summed E-state index contributed by atoms with van der Waals surface area (Å²) in [7, 11) is 0. The Bertz CT molecular complexity index is 698. The maximum Gasteiger partial charge on any atom is 0.309 e. The largest absolute Gasteiger partial charge is 0.481 e. The second-order valence-electron chi connectivity index (χ2n) is 8.98.